The first kappa shape index (κ1) is 43.1. The van der Waals surface area contributed by atoms with Crippen LogP contribution in [0.5, 0.6) is 0 Å². The summed E-state index contributed by atoms with van der Waals surface area (Å²) in [6.45, 7) is 15.1. The van der Waals surface area contributed by atoms with Gasteiger partial charge in [0.25, 0.3) is 0 Å². The summed E-state index contributed by atoms with van der Waals surface area (Å²) in [6.07, 6.45) is 30.9. The predicted molar refractivity (Wildman–Crippen MR) is 212 cm³/mol. The molecule has 8 aliphatic carbocycles. The Hall–Kier alpha value is 0.511. The van der Waals surface area contributed by atoms with E-state index in [9.17, 15) is 19.8 Å². The van der Waals surface area contributed by atoms with Gasteiger partial charge < -0.3 is 19.8 Å². The Morgan fingerprint density at radius 3 is 1.25 bits per heavy atom. The normalized spacial score (nSPS) is 48.0. The molecule has 0 aliphatic heterocycles. The van der Waals surface area contributed by atoms with E-state index in [4.69, 9.17) is 0 Å². The van der Waals surface area contributed by atoms with Gasteiger partial charge in [0.05, 0.1) is 0 Å². The SMILES string of the molecule is C[C@H](CCC(=O)[O-])[C@H]1CC[C@H]2[C@@H]3CCC4CCCC[C@]4(C)[C@H]3CC[C@]12C.C[C@H](CCC(=O)[O-])[C@H]1CC[C@H]2[C@@H]3CCC4CCCC[C@]4(C)[C@H]3CC[C@]12C.[Ba+2]. The van der Waals surface area contributed by atoms with E-state index in [1.54, 1.807) is 0 Å². The summed E-state index contributed by atoms with van der Waals surface area (Å²) in [6, 6.07) is 0. The predicted octanol–water partition coefficient (Wildman–Crippen LogP) is 10.0. The quantitative estimate of drug-likeness (QED) is 0.228. The molecule has 8 saturated carbocycles. The molecule has 0 bridgehead atoms. The van der Waals surface area contributed by atoms with Crippen molar-refractivity contribution in [3.8, 4) is 0 Å². The Morgan fingerprint density at radius 2 is 0.868 bits per heavy atom. The van der Waals surface area contributed by atoms with Crippen molar-refractivity contribution in [3.05, 3.63) is 0 Å². The van der Waals surface area contributed by atoms with Crippen molar-refractivity contribution in [1.82, 2.24) is 0 Å². The van der Waals surface area contributed by atoms with E-state index < -0.39 is 11.9 Å². The second-order valence-corrected chi connectivity index (χ2v) is 22.0. The minimum atomic E-state index is -0.871. The average Bonchev–Trinajstić information content (AvgIpc) is 3.66. The summed E-state index contributed by atoms with van der Waals surface area (Å²) in [5.74, 6) is 8.41. The zero-order valence-electron chi connectivity index (χ0n) is 35.2. The molecule has 0 aromatic rings. The number of carboxylic acid groups (broad SMARTS) is 2. The van der Waals surface area contributed by atoms with E-state index in [0.29, 0.717) is 33.5 Å². The van der Waals surface area contributed by atoms with E-state index in [0.717, 1.165) is 72.0 Å². The molecule has 0 aromatic heterocycles. The number of hydrogen-bond acceptors (Lipinski definition) is 4. The molecule has 8 rings (SSSR count). The first-order chi connectivity index (χ1) is 24.7. The van der Waals surface area contributed by atoms with Crippen LogP contribution in [0, 0.1) is 92.7 Å². The van der Waals surface area contributed by atoms with E-state index in [1.807, 2.05) is 0 Å². The molecule has 0 amide bonds. The summed E-state index contributed by atoms with van der Waals surface area (Å²) in [4.78, 5) is 21.9. The van der Waals surface area contributed by atoms with Crippen LogP contribution in [0.3, 0.4) is 0 Å². The molecule has 296 valence electrons. The Labute approximate surface area is 365 Å². The zero-order valence-corrected chi connectivity index (χ0v) is 39.7. The molecule has 2 unspecified atom stereocenters. The molecule has 4 nitrogen and oxygen atoms in total. The van der Waals surface area contributed by atoms with Crippen LogP contribution < -0.4 is 10.2 Å². The van der Waals surface area contributed by atoms with E-state index in [1.165, 1.54) is 128 Å². The van der Waals surface area contributed by atoms with Gasteiger partial charge >= 0.3 is 48.9 Å². The third kappa shape index (κ3) is 7.87. The van der Waals surface area contributed by atoms with Crippen molar-refractivity contribution in [2.45, 2.75) is 196 Å². The third-order valence-corrected chi connectivity index (χ3v) is 20.3. The summed E-state index contributed by atoms with van der Waals surface area (Å²) in [5, 5.41) is 21.9. The van der Waals surface area contributed by atoms with Crippen LogP contribution in [0.15, 0.2) is 0 Å². The van der Waals surface area contributed by atoms with Gasteiger partial charge in [0.15, 0.2) is 0 Å². The molecular formula is C48H78BaO4. The number of rotatable bonds is 8. The van der Waals surface area contributed by atoms with Crippen LogP contribution in [-0.2, 0) is 9.59 Å². The number of carbonyl (C=O) groups excluding carboxylic acids is 2. The molecule has 0 radical (unpaired) electrons. The number of carbonyl (C=O) groups is 2. The number of hydrogen-bond donors (Lipinski definition) is 0. The van der Waals surface area contributed by atoms with Crippen molar-refractivity contribution in [3.63, 3.8) is 0 Å². The van der Waals surface area contributed by atoms with Crippen LogP contribution >= 0.6 is 0 Å². The minimum Gasteiger partial charge on any atom is -0.550 e. The maximum Gasteiger partial charge on any atom is 2.00 e. The number of aliphatic carboxylic acids is 2. The molecular weight excluding hydrogens is 778 g/mol. The third-order valence-electron chi connectivity index (χ3n) is 20.3. The van der Waals surface area contributed by atoms with Crippen LogP contribution in [0.1, 0.15) is 196 Å². The van der Waals surface area contributed by atoms with Gasteiger partial charge in [0.1, 0.15) is 0 Å². The Morgan fingerprint density at radius 1 is 0.491 bits per heavy atom. The Bertz CT molecular complexity index is 1190. The van der Waals surface area contributed by atoms with Crippen molar-refractivity contribution >= 4 is 60.8 Å². The zero-order chi connectivity index (χ0) is 37.1. The minimum absolute atomic E-state index is 0. The van der Waals surface area contributed by atoms with E-state index in [-0.39, 0.29) is 61.7 Å². The first-order valence-electron chi connectivity index (χ1n) is 23.1. The van der Waals surface area contributed by atoms with Crippen LogP contribution in [0.2, 0.25) is 0 Å². The van der Waals surface area contributed by atoms with Gasteiger partial charge in [-0.05, 0) is 221 Å². The Kier molecular flexibility index (Phi) is 13.8. The van der Waals surface area contributed by atoms with Gasteiger partial charge in [-0.3, -0.25) is 0 Å². The number of carboxylic acids is 2. The summed E-state index contributed by atoms with van der Waals surface area (Å²) in [7, 11) is 0. The topological polar surface area (TPSA) is 80.3 Å². The van der Waals surface area contributed by atoms with Crippen LogP contribution in [0.25, 0.3) is 0 Å². The maximum atomic E-state index is 10.9. The first-order valence-corrected chi connectivity index (χ1v) is 23.1. The van der Waals surface area contributed by atoms with Gasteiger partial charge in [-0.15, -0.1) is 0 Å². The molecule has 5 heteroatoms. The van der Waals surface area contributed by atoms with Gasteiger partial charge in [-0.2, -0.15) is 0 Å². The summed E-state index contributed by atoms with van der Waals surface area (Å²) in [5.41, 5.74) is 2.18. The molecule has 8 fully saturated rings. The van der Waals surface area contributed by atoms with Crippen molar-refractivity contribution in [1.29, 1.82) is 0 Å². The van der Waals surface area contributed by atoms with E-state index >= 15 is 0 Å². The molecule has 0 N–H and O–H groups in total. The largest absolute Gasteiger partial charge is 2.00 e. The number of fused-ring (bicyclic) bond motifs is 10. The fourth-order valence-electron chi connectivity index (χ4n) is 17.6. The Balaban J connectivity index is 0.000000178. The van der Waals surface area contributed by atoms with E-state index in [2.05, 4.69) is 41.5 Å². The standard InChI is InChI=1S/2C24H40O2.Ba/c2*1-16(7-12-22(25)26)19-10-11-20-18-9-8-17-6-4-5-14-23(17,2)21(18)13-15-24(19,20)3;/h2*16-21H,4-15H2,1-3H3,(H,25,26);/q;;+2/p-2/t2*16-,17?,18+,19-,20+,21+,23+,24-;/m11./s1. The van der Waals surface area contributed by atoms with Crippen LogP contribution in [0.4, 0.5) is 0 Å². The van der Waals surface area contributed by atoms with Crippen molar-refractivity contribution in [2.24, 2.45) is 92.7 Å². The van der Waals surface area contributed by atoms with Crippen LogP contribution in [-0.4, -0.2) is 60.8 Å². The van der Waals surface area contributed by atoms with Gasteiger partial charge in [0.2, 0.25) is 0 Å². The monoisotopic (exact) mass is 856 g/mol. The molecule has 0 saturated heterocycles. The molecule has 8 aliphatic rings. The van der Waals surface area contributed by atoms with Gasteiger partial charge in [-0.1, -0.05) is 67.2 Å². The maximum absolute atomic E-state index is 10.9. The van der Waals surface area contributed by atoms with Crippen molar-refractivity contribution < 1.29 is 19.8 Å². The molecule has 16 atom stereocenters. The average molecular weight is 856 g/mol. The molecule has 0 aromatic carbocycles. The molecule has 0 spiro atoms. The second kappa shape index (κ2) is 17.0. The summed E-state index contributed by atoms with van der Waals surface area (Å²) >= 11 is 0. The van der Waals surface area contributed by atoms with Crippen molar-refractivity contribution in [2.75, 3.05) is 0 Å². The second-order valence-electron chi connectivity index (χ2n) is 22.0. The fraction of sp³-hybridized carbons (Fsp3) is 0.958. The summed E-state index contributed by atoms with van der Waals surface area (Å²) < 4.78 is 0. The smallest absolute Gasteiger partial charge is 0.550 e. The fourth-order valence-corrected chi connectivity index (χ4v) is 17.6. The molecule has 53 heavy (non-hydrogen) atoms. The molecule has 0 heterocycles. The van der Waals surface area contributed by atoms with Gasteiger partial charge in [-0.25, -0.2) is 0 Å². The van der Waals surface area contributed by atoms with Gasteiger partial charge in [0, 0.05) is 11.9 Å².